The third kappa shape index (κ3) is 4.78. The van der Waals surface area contributed by atoms with Gasteiger partial charge >= 0.3 is 0 Å². The van der Waals surface area contributed by atoms with Crippen LogP contribution in [0.25, 0.3) is 16.9 Å². The molecule has 0 spiro atoms. The molecule has 1 fully saturated rings. The lowest BCUT2D eigenvalue weighted by Crippen LogP contribution is -2.46. The van der Waals surface area contributed by atoms with Gasteiger partial charge in [-0.25, -0.2) is 4.68 Å². The van der Waals surface area contributed by atoms with Crippen molar-refractivity contribution in [3.8, 4) is 16.9 Å². The van der Waals surface area contributed by atoms with Crippen LogP contribution in [-0.4, -0.2) is 71.8 Å². The van der Waals surface area contributed by atoms with Crippen LogP contribution in [0.3, 0.4) is 0 Å². The first-order valence-electron chi connectivity index (χ1n) is 10.5. The summed E-state index contributed by atoms with van der Waals surface area (Å²) in [5.74, 6) is -0.0816. The number of hydrogen-bond acceptors (Lipinski definition) is 4. The molecule has 1 amide bonds. The molecule has 1 aliphatic heterocycles. The van der Waals surface area contributed by atoms with Crippen LogP contribution in [0.4, 0.5) is 0 Å². The van der Waals surface area contributed by atoms with Crippen LogP contribution in [0.1, 0.15) is 15.9 Å². The van der Waals surface area contributed by atoms with Crippen LogP contribution in [0.2, 0.25) is 0 Å². The molecule has 1 N–H and O–H groups in total. The van der Waals surface area contributed by atoms with Gasteiger partial charge in [0.25, 0.3) is 5.91 Å². The van der Waals surface area contributed by atoms with Crippen LogP contribution in [-0.2, 0) is 0 Å². The van der Waals surface area contributed by atoms with Gasteiger partial charge in [-0.15, -0.1) is 0 Å². The lowest BCUT2D eigenvalue weighted by Gasteiger charge is -2.32. The Kier molecular flexibility index (Phi) is 6.26. The fraction of sp³-hybridized carbons (Fsp3) is 0.333. The summed E-state index contributed by atoms with van der Waals surface area (Å²) in [5.41, 5.74) is 4.36. The second-order valence-electron chi connectivity index (χ2n) is 7.94. The molecule has 3 aromatic rings. The molecule has 4 rings (SSSR count). The molecule has 1 aromatic heterocycles. The van der Waals surface area contributed by atoms with Gasteiger partial charge in [-0.3, -0.25) is 9.69 Å². The normalized spacial score (nSPS) is 15.3. The number of nitrogens with zero attached hydrogens (tertiary/aromatic N) is 4. The van der Waals surface area contributed by atoms with Crippen LogP contribution >= 0.6 is 0 Å². The lowest BCUT2D eigenvalue weighted by molar-refractivity contribution is 0.0941. The molecule has 0 bridgehead atoms. The molecule has 6 heteroatoms. The molecule has 2 aromatic carbocycles. The quantitative estimate of drug-likeness (QED) is 0.688. The highest BCUT2D eigenvalue weighted by molar-refractivity contribution is 5.99. The van der Waals surface area contributed by atoms with E-state index in [4.69, 9.17) is 5.10 Å². The number of nitrogens with one attached hydrogen (secondary N) is 1. The highest BCUT2D eigenvalue weighted by Crippen LogP contribution is 2.24. The van der Waals surface area contributed by atoms with Gasteiger partial charge in [0, 0.05) is 51.0 Å². The summed E-state index contributed by atoms with van der Waals surface area (Å²) in [6, 6.07) is 18.0. The van der Waals surface area contributed by atoms with Gasteiger partial charge in [-0.2, -0.15) is 5.10 Å². The highest BCUT2D eigenvalue weighted by atomic mass is 16.1. The zero-order chi connectivity index (χ0) is 20.9. The van der Waals surface area contributed by atoms with Crippen LogP contribution in [0, 0.1) is 6.92 Å². The Morgan fingerprint density at radius 1 is 1.00 bits per heavy atom. The molecule has 0 radical (unpaired) electrons. The number of amides is 1. The molecule has 0 unspecified atom stereocenters. The smallest absolute Gasteiger partial charge is 0.255 e. The van der Waals surface area contributed by atoms with Crippen LogP contribution < -0.4 is 5.32 Å². The fourth-order valence-corrected chi connectivity index (χ4v) is 3.67. The summed E-state index contributed by atoms with van der Waals surface area (Å²) in [6.45, 7) is 7.81. The van der Waals surface area contributed by atoms with E-state index in [-0.39, 0.29) is 5.91 Å². The molecule has 1 aliphatic rings. The van der Waals surface area contributed by atoms with Crippen LogP contribution in [0.15, 0.2) is 60.8 Å². The predicted molar refractivity (Wildman–Crippen MR) is 120 cm³/mol. The minimum atomic E-state index is -0.0816. The van der Waals surface area contributed by atoms with Crippen molar-refractivity contribution in [2.75, 3.05) is 46.3 Å². The molecule has 0 atom stereocenters. The Labute approximate surface area is 178 Å². The molecule has 0 saturated carbocycles. The fourth-order valence-electron chi connectivity index (χ4n) is 3.67. The van der Waals surface area contributed by atoms with Gasteiger partial charge in [0.15, 0.2) is 0 Å². The van der Waals surface area contributed by atoms with E-state index < -0.39 is 0 Å². The largest absolute Gasteiger partial charge is 0.351 e. The third-order valence-corrected chi connectivity index (χ3v) is 5.61. The Morgan fingerprint density at radius 3 is 2.40 bits per heavy atom. The Bertz CT molecular complexity index is 973. The minimum Gasteiger partial charge on any atom is -0.351 e. The highest BCUT2D eigenvalue weighted by Gasteiger charge is 2.19. The van der Waals surface area contributed by atoms with E-state index in [9.17, 15) is 4.79 Å². The van der Waals surface area contributed by atoms with Crippen molar-refractivity contribution < 1.29 is 4.79 Å². The van der Waals surface area contributed by atoms with Crippen molar-refractivity contribution in [2.24, 2.45) is 0 Å². The number of hydrogen-bond donors (Lipinski definition) is 1. The summed E-state index contributed by atoms with van der Waals surface area (Å²) < 4.78 is 1.78. The van der Waals surface area contributed by atoms with E-state index in [1.165, 1.54) is 5.56 Å². The zero-order valence-electron chi connectivity index (χ0n) is 17.7. The standard InChI is InChI=1S/C24H29N5O/c1-19-8-10-20(11-9-19)23-22(18-29(26-23)21-6-4-3-5-7-21)24(30)25-12-13-28-16-14-27(2)15-17-28/h3-11,18H,12-17H2,1-2H3,(H,25,30). The number of carbonyl (C=O) groups excluding carboxylic acids is 1. The number of likely N-dealkylation sites (N-methyl/N-ethyl adjacent to an activating group) is 1. The van der Waals surface area contributed by atoms with Gasteiger partial charge in [0.2, 0.25) is 0 Å². The summed E-state index contributed by atoms with van der Waals surface area (Å²) in [7, 11) is 2.15. The van der Waals surface area contributed by atoms with Crippen molar-refractivity contribution in [3.05, 3.63) is 71.9 Å². The van der Waals surface area contributed by atoms with Crippen molar-refractivity contribution in [3.63, 3.8) is 0 Å². The number of aryl methyl sites for hydroxylation is 1. The zero-order valence-corrected chi connectivity index (χ0v) is 17.7. The number of benzene rings is 2. The number of carbonyl (C=O) groups is 1. The van der Waals surface area contributed by atoms with Gasteiger partial charge in [-0.1, -0.05) is 48.0 Å². The minimum absolute atomic E-state index is 0.0816. The molecular weight excluding hydrogens is 374 g/mol. The van der Waals surface area contributed by atoms with Crippen molar-refractivity contribution >= 4 is 5.91 Å². The third-order valence-electron chi connectivity index (χ3n) is 5.61. The summed E-state index contributed by atoms with van der Waals surface area (Å²) in [4.78, 5) is 17.8. The molecule has 156 valence electrons. The maximum Gasteiger partial charge on any atom is 0.255 e. The average molecular weight is 404 g/mol. The van der Waals surface area contributed by atoms with Gasteiger partial charge in [0.05, 0.1) is 11.3 Å². The molecule has 30 heavy (non-hydrogen) atoms. The number of piperazine rings is 1. The Morgan fingerprint density at radius 2 is 1.70 bits per heavy atom. The maximum absolute atomic E-state index is 13.1. The van der Waals surface area contributed by atoms with Gasteiger partial charge in [0.1, 0.15) is 5.69 Å². The molecule has 0 aliphatic carbocycles. The topological polar surface area (TPSA) is 53.4 Å². The van der Waals surface area contributed by atoms with Crippen molar-refractivity contribution in [1.29, 1.82) is 0 Å². The summed E-state index contributed by atoms with van der Waals surface area (Å²) >= 11 is 0. The van der Waals surface area contributed by atoms with E-state index in [1.54, 1.807) is 4.68 Å². The first-order valence-corrected chi connectivity index (χ1v) is 10.5. The second-order valence-corrected chi connectivity index (χ2v) is 7.94. The monoisotopic (exact) mass is 403 g/mol. The predicted octanol–water partition coefficient (Wildman–Crippen LogP) is 2.82. The maximum atomic E-state index is 13.1. The van der Waals surface area contributed by atoms with Crippen molar-refractivity contribution in [2.45, 2.75) is 6.92 Å². The molecule has 6 nitrogen and oxygen atoms in total. The van der Waals surface area contributed by atoms with Crippen molar-refractivity contribution in [1.82, 2.24) is 24.9 Å². The Balaban J connectivity index is 1.52. The van der Waals surface area contributed by atoms with E-state index in [1.807, 2.05) is 60.8 Å². The lowest BCUT2D eigenvalue weighted by atomic mass is 10.1. The number of para-hydroxylation sites is 1. The van der Waals surface area contributed by atoms with E-state index in [0.29, 0.717) is 17.8 Å². The molecule has 2 heterocycles. The van der Waals surface area contributed by atoms with Crippen LogP contribution in [0.5, 0.6) is 0 Å². The van der Waals surface area contributed by atoms with E-state index >= 15 is 0 Å². The van der Waals surface area contributed by atoms with E-state index in [2.05, 4.69) is 29.1 Å². The SMILES string of the molecule is Cc1ccc(-c2nn(-c3ccccc3)cc2C(=O)NCCN2CCN(C)CC2)cc1. The number of aromatic nitrogens is 2. The summed E-state index contributed by atoms with van der Waals surface area (Å²) in [6.07, 6.45) is 1.83. The second kappa shape index (κ2) is 9.24. The average Bonchev–Trinajstić information content (AvgIpc) is 3.22. The first-order chi connectivity index (χ1) is 14.6. The molecule has 1 saturated heterocycles. The van der Waals surface area contributed by atoms with E-state index in [0.717, 1.165) is 44.0 Å². The Hall–Kier alpha value is -2.96. The molecular formula is C24H29N5O. The first kappa shape index (κ1) is 20.3. The van der Waals surface area contributed by atoms with Gasteiger partial charge in [-0.05, 0) is 26.1 Å². The summed E-state index contributed by atoms with van der Waals surface area (Å²) in [5, 5.41) is 7.84. The number of rotatable bonds is 6. The van der Waals surface area contributed by atoms with Gasteiger partial charge < -0.3 is 10.2 Å².